The molecule has 4 heteroatoms. The molecule has 0 radical (unpaired) electrons. The Morgan fingerprint density at radius 3 is 2.89 bits per heavy atom. The summed E-state index contributed by atoms with van der Waals surface area (Å²) in [7, 11) is 2.12. The first-order valence-electron chi connectivity index (χ1n) is 6.48. The number of aryl methyl sites for hydroxylation is 1. The van der Waals surface area contributed by atoms with E-state index in [9.17, 15) is 4.39 Å². The third-order valence-corrected chi connectivity index (χ3v) is 3.76. The molecular formula is C14H22FN3. The normalized spacial score (nSPS) is 22.3. The zero-order valence-corrected chi connectivity index (χ0v) is 11.2. The second-order valence-electron chi connectivity index (χ2n) is 5.19. The van der Waals surface area contributed by atoms with Crippen LogP contribution in [-0.2, 0) is 6.54 Å². The van der Waals surface area contributed by atoms with Crippen LogP contribution in [0.25, 0.3) is 0 Å². The van der Waals surface area contributed by atoms with Crippen LogP contribution in [0.15, 0.2) is 18.2 Å². The summed E-state index contributed by atoms with van der Waals surface area (Å²) in [5.41, 5.74) is 8.05. The van der Waals surface area contributed by atoms with Gasteiger partial charge < -0.3 is 10.6 Å². The Balaban J connectivity index is 2.10. The lowest BCUT2D eigenvalue weighted by Crippen LogP contribution is -2.54. The van der Waals surface area contributed by atoms with Crippen LogP contribution in [-0.4, -0.2) is 49.1 Å². The molecule has 100 valence electrons. The zero-order chi connectivity index (χ0) is 13.1. The van der Waals surface area contributed by atoms with Gasteiger partial charge in [0.1, 0.15) is 5.82 Å². The Morgan fingerprint density at radius 1 is 1.39 bits per heavy atom. The van der Waals surface area contributed by atoms with E-state index in [1.165, 1.54) is 6.07 Å². The van der Waals surface area contributed by atoms with Gasteiger partial charge in [-0.1, -0.05) is 6.07 Å². The maximum Gasteiger partial charge on any atom is 0.123 e. The van der Waals surface area contributed by atoms with E-state index in [0.29, 0.717) is 12.6 Å². The van der Waals surface area contributed by atoms with Gasteiger partial charge in [-0.25, -0.2) is 4.39 Å². The highest BCUT2D eigenvalue weighted by molar-refractivity contribution is 5.26. The van der Waals surface area contributed by atoms with Crippen LogP contribution in [0.2, 0.25) is 0 Å². The van der Waals surface area contributed by atoms with E-state index < -0.39 is 0 Å². The highest BCUT2D eigenvalue weighted by Crippen LogP contribution is 2.16. The quantitative estimate of drug-likeness (QED) is 0.876. The molecule has 0 spiro atoms. The molecule has 1 fully saturated rings. The molecule has 1 atom stereocenters. The third-order valence-electron chi connectivity index (χ3n) is 3.76. The second kappa shape index (κ2) is 5.78. The summed E-state index contributed by atoms with van der Waals surface area (Å²) in [6, 6.07) is 5.37. The summed E-state index contributed by atoms with van der Waals surface area (Å²) < 4.78 is 13.3. The smallest absolute Gasteiger partial charge is 0.123 e. The van der Waals surface area contributed by atoms with Crippen molar-refractivity contribution in [1.29, 1.82) is 0 Å². The van der Waals surface area contributed by atoms with Gasteiger partial charge >= 0.3 is 0 Å². The molecule has 0 saturated carbocycles. The van der Waals surface area contributed by atoms with Crippen molar-refractivity contribution >= 4 is 0 Å². The first kappa shape index (κ1) is 13.5. The van der Waals surface area contributed by atoms with Gasteiger partial charge in [-0.3, -0.25) is 4.90 Å². The molecule has 1 saturated heterocycles. The molecule has 1 heterocycles. The summed E-state index contributed by atoms with van der Waals surface area (Å²) in [4.78, 5) is 4.66. The summed E-state index contributed by atoms with van der Waals surface area (Å²) >= 11 is 0. The molecule has 18 heavy (non-hydrogen) atoms. The summed E-state index contributed by atoms with van der Waals surface area (Å²) in [6.45, 7) is 6.50. The maximum atomic E-state index is 13.3. The van der Waals surface area contributed by atoms with Crippen molar-refractivity contribution in [2.75, 3.05) is 33.2 Å². The highest BCUT2D eigenvalue weighted by Gasteiger charge is 2.24. The molecule has 3 nitrogen and oxygen atoms in total. The second-order valence-corrected chi connectivity index (χ2v) is 5.19. The van der Waals surface area contributed by atoms with E-state index in [1.54, 1.807) is 6.07 Å². The average molecular weight is 251 g/mol. The van der Waals surface area contributed by atoms with Gasteiger partial charge in [0, 0.05) is 38.8 Å². The van der Waals surface area contributed by atoms with Crippen molar-refractivity contribution in [2.24, 2.45) is 5.73 Å². The van der Waals surface area contributed by atoms with Crippen molar-refractivity contribution in [3.05, 3.63) is 35.1 Å². The molecule has 0 aliphatic carbocycles. The van der Waals surface area contributed by atoms with Crippen LogP contribution in [0.5, 0.6) is 0 Å². The molecule has 1 aliphatic rings. The lowest BCUT2D eigenvalue weighted by molar-refractivity contribution is 0.0878. The minimum Gasteiger partial charge on any atom is -0.329 e. The van der Waals surface area contributed by atoms with Crippen LogP contribution in [0.3, 0.4) is 0 Å². The minimum absolute atomic E-state index is 0.158. The molecule has 0 amide bonds. The Hall–Kier alpha value is -0.970. The van der Waals surface area contributed by atoms with Crippen LogP contribution in [0, 0.1) is 12.7 Å². The molecule has 0 bridgehead atoms. The number of hydrogen-bond donors (Lipinski definition) is 1. The first-order chi connectivity index (χ1) is 8.60. The van der Waals surface area contributed by atoms with E-state index >= 15 is 0 Å². The SMILES string of the molecule is Cc1ccc(F)cc1CN1CCN(C)CC1CN. The van der Waals surface area contributed by atoms with Gasteiger partial charge in [-0.2, -0.15) is 0 Å². The lowest BCUT2D eigenvalue weighted by Gasteiger charge is -2.39. The Labute approximate surface area is 108 Å². The topological polar surface area (TPSA) is 32.5 Å². The maximum absolute atomic E-state index is 13.3. The Kier molecular flexibility index (Phi) is 4.32. The number of piperazine rings is 1. The van der Waals surface area contributed by atoms with Gasteiger partial charge in [0.15, 0.2) is 0 Å². The van der Waals surface area contributed by atoms with Gasteiger partial charge in [0.25, 0.3) is 0 Å². The highest BCUT2D eigenvalue weighted by atomic mass is 19.1. The average Bonchev–Trinajstić information content (AvgIpc) is 2.36. The molecule has 1 unspecified atom stereocenters. The third kappa shape index (κ3) is 3.07. The Bertz CT molecular complexity index is 408. The monoisotopic (exact) mass is 251 g/mol. The predicted octanol–water partition coefficient (Wildman–Crippen LogP) is 1.21. The van der Waals surface area contributed by atoms with Gasteiger partial charge in [-0.15, -0.1) is 0 Å². The Morgan fingerprint density at radius 2 is 2.17 bits per heavy atom. The molecule has 2 N–H and O–H groups in total. The molecule has 1 aromatic rings. The summed E-state index contributed by atoms with van der Waals surface area (Å²) in [5, 5.41) is 0. The number of nitrogens with zero attached hydrogens (tertiary/aromatic N) is 2. The lowest BCUT2D eigenvalue weighted by atomic mass is 10.1. The molecule has 0 aromatic heterocycles. The number of rotatable bonds is 3. The van der Waals surface area contributed by atoms with Gasteiger partial charge in [0.2, 0.25) is 0 Å². The van der Waals surface area contributed by atoms with Crippen molar-refractivity contribution < 1.29 is 4.39 Å². The van der Waals surface area contributed by atoms with Crippen LogP contribution in [0.4, 0.5) is 4.39 Å². The number of halogens is 1. The van der Waals surface area contributed by atoms with E-state index in [4.69, 9.17) is 5.73 Å². The molecule has 1 aliphatic heterocycles. The molecule has 2 rings (SSSR count). The van der Waals surface area contributed by atoms with Crippen molar-refractivity contribution in [3.8, 4) is 0 Å². The van der Waals surface area contributed by atoms with Crippen molar-refractivity contribution in [2.45, 2.75) is 19.5 Å². The van der Waals surface area contributed by atoms with Crippen molar-refractivity contribution in [1.82, 2.24) is 9.80 Å². The van der Waals surface area contributed by atoms with Gasteiger partial charge in [-0.05, 0) is 37.2 Å². The number of hydrogen-bond acceptors (Lipinski definition) is 3. The fourth-order valence-corrected chi connectivity index (χ4v) is 2.51. The summed E-state index contributed by atoms with van der Waals surface area (Å²) in [5.74, 6) is -0.158. The van der Waals surface area contributed by atoms with Crippen LogP contribution < -0.4 is 5.73 Å². The predicted molar refractivity (Wildman–Crippen MR) is 71.9 cm³/mol. The summed E-state index contributed by atoms with van der Waals surface area (Å²) in [6.07, 6.45) is 0. The van der Waals surface area contributed by atoms with E-state index in [0.717, 1.165) is 37.3 Å². The van der Waals surface area contributed by atoms with Crippen LogP contribution >= 0.6 is 0 Å². The number of nitrogens with two attached hydrogens (primary N) is 1. The fourth-order valence-electron chi connectivity index (χ4n) is 2.51. The standard InChI is InChI=1S/C14H22FN3/c1-11-3-4-13(15)7-12(11)9-18-6-5-17(2)10-14(18)8-16/h3-4,7,14H,5-6,8-10,16H2,1-2H3. The molecule has 1 aromatic carbocycles. The first-order valence-corrected chi connectivity index (χ1v) is 6.48. The number of benzene rings is 1. The fraction of sp³-hybridized carbons (Fsp3) is 0.571. The van der Waals surface area contributed by atoms with Crippen LogP contribution in [0.1, 0.15) is 11.1 Å². The van der Waals surface area contributed by atoms with Crippen molar-refractivity contribution in [3.63, 3.8) is 0 Å². The van der Waals surface area contributed by atoms with Gasteiger partial charge in [0.05, 0.1) is 0 Å². The van der Waals surface area contributed by atoms with E-state index in [-0.39, 0.29) is 5.82 Å². The van der Waals surface area contributed by atoms with E-state index in [2.05, 4.69) is 16.8 Å². The zero-order valence-electron chi connectivity index (χ0n) is 11.2. The minimum atomic E-state index is -0.158. The largest absolute Gasteiger partial charge is 0.329 e. The number of likely N-dealkylation sites (N-methyl/N-ethyl adjacent to an activating group) is 1. The molecular weight excluding hydrogens is 229 g/mol. The van der Waals surface area contributed by atoms with E-state index in [1.807, 2.05) is 13.0 Å².